The summed E-state index contributed by atoms with van der Waals surface area (Å²) >= 11 is 0. The molecule has 2 heterocycles. The number of fused-ring (bicyclic) bond motifs is 1. The van der Waals surface area contributed by atoms with Crippen molar-refractivity contribution in [1.82, 2.24) is 0 Å². The zero-order valence-electron chi connectivity index (χ0n) is 14.7. The first-order valence-electron chi connectivity index (χ1n) is 8.97. The molecule has 2 aliphatic heterocycles. The third-order valence-electron chi connectivity index (χ3n) is 5.03. The Labute approximate surface area is 155 Å². The van der Waals surface area contributed by atoms with Crippen molar-refractivity contribution in [2.24, 2.45) is 0 Å². The second-order valence-corrected chi connectivity index (χ2v) is 6.69. The van der Waals surface area contributed by atoms with Crippen molar-refractivity contribution in [2.45, 2.75) is 12.8 Å². The number of amides is 1. The summed E-state index contributed by atoms with van der Waals surface area (Å²) in [5.74, 6) is -2.47. The van der Waals surface area contributed by atoms with Crippen LogP contribution in [-0.4, -0.2) is 38.8 Å². The molecule has 2 aliphatic rings. The zero-order valence-corrected chi connectivity index (χ0v) is 14.7. The van der Waals surface area contributed by atoms with E-state index in [1.165, 1.54) is 17.0 Å². The summed E-state index contributed by atoms with van der Waals surface area (Å²) in [7, 11) is 0. The highest BCUT2D eigenvalue weighted by molar-refractivity contribution is 6.07. The van der Waals surface area contributed by atoms with Gasteiger partial charge in [-0.15, -0.1) is 0 Å². The number of carbonyl (C=O) groups excluding carboxylic acids is 1. The van der Waals surface area contributed by atoms with Crippen LogP contribution in [0.2, 0.25) is 0 Å². The Hall–Kier alpha value is -2.54. The molecule has 142 valence electrons. The minimum Gasteiger partial charge on any atom is -0.378 e. The van der Waals surface area contributed by atoms with Gasteiger partial charge in [0, 0.05) is 30.8 Å². The number of benzene rings is 2. The zero-order chi connectivity index (χ0) is 19.0. The first-order valence-corrected chi connectivity index (χ1v) is 8.97. The van der Waals surface area contributed by atoms with E-state index in [1.807, 2.05) is 0 Å². The average molecular weight is 376 g/mol. The quantitative estimate of drug-likeness (QED) is 0.804. The number of hydrogen-bond acceptors (Lipinski definition) is 3. The molecule has 1 fully saturated rings. The predicted octanol–water partition coefficient (Wildman–Crippen LogP) is 3.53. The molecule has 7 heteroatoms. The van der Waals surface area contributed by atoms with Crippen molar-refractivity contribution >= 4 is 17.3 Å². The fourth-order valence-electron chi connectivity index (χ4n) is 3.73. The van der Waals surface area contributed by atoms with Crippen LogP contribution in [0.5, 0.6) is 0 Å². The Morgan fingerprint density at radius 2 is 1.67 bits per heavy atom. The van der Waals surface area contributed by atoms with Gasteiger partial charge in [0.2, 0.25) is 0 Å². The van der Waals surface area contributed by atoms with Crippen LogP contribution in [0.25, 0.3) is 0 Å². The smallest absolute Gasteiger partial charge is 0.258 e. The van der Waals surface area contributed by atoms with E-state index in [1.54, 1.807) is 11.0 Å². The van der Waals surface area contributed by atoms with E-state index in [0.29, 0.717) is 56.9 Å². The number of morpholine rings is 1. The van der Waals surface area contributed by atoms with Gasteiger partial charge in [0.1, 0.15) is 23.1 Å². The molecular weight excluding hydrogens is 357 g/mol. The Morgan fingerprint density at radius 3 is 2.37 bits per heavy atom. The van der Waals surface area contributed by atoms with Crippen molar-refractivity contribution in [3.05, 3.63) is 58.9 Å². The van der Waals surface area contributed by atoms with Crippen LogP contribution in [0.4, 0.5) is 24.5 Å². The van der Waals surface area contributed by atoms with Gasteiger partial charge in [0.05, 0.1) is 18.9 Å². The number of nitrogens with zero attached hydrogens (tertiary/aromatic N) is 2. The molecule has 1 amide bonds. The van der Waals surface area contributed by atoms with E-state index in [9.17, 15) is 18.0 Å². The summed E-state index contributed by atoms with van der Waals surface area (Å²) < 4.78 is 48.5. The van der Waals surface area contributed by atoms with Crippen molar-refractivity contribution in [2.75, 3.05) is 42.6 Å². The monoisotopic (exact) mass is 376 g/mol. The molecule has 4 rings (SSSR count). The first-order chi connectivity index (χ1) is 13.1. The first kappa shape index (κ1) is 17.9. The van der Waals surface area contributed by atoms with Crippen molar-refractivity contribution < 1.29 is 22.7 Å². The molecule has 0 saturated carbocycles. The van der Waals surface area contributed by atoms with Gasteiger partial charge in [0.15, 0.2) is 0 Å². The van der Waals surface area contributed by atoms with E-state index >= 15 is 0 Å². The van der Waals surface area contributed by atoms with Gasteiger partial charge >= 0.3 is 0 Å². The van der Waals surface area contributed by atoms with Gasteiger partial charge in [0.25, 0.3) is 5.91 Å². The maximum absolute atomic E-state index is 14.6. The van der Waals surface area contributed by atoms with Gasteiger partial charge in [-0.25, -0.2) is 13.2 Å². The Balaban J connectivity index is 1.67. The van der Waals surface area contributed by atoms with Crippen molar-refractivity contribution in [3.63, 3.8) is 0 Å². The average Bonchev–Trinajstić information content (AvgIpc) is 2.68. The number of rotatable bonds is 2. The fraction of sp³-hybridized carbons (Fsp3) is 0.350. The minimum absolute atomic E-state index is 0.0841. The molecule has 0 aromatic heterocycles. The lowest BCUT2D eigenvalue weighted by Gasteiger charge is -2.31. The Kier molecular flexibility index (Phi) is 4.78. The number of ether oxygens (including phenoxy) is 1. The summed E-state index contributed by atoms with van der Waals surface area (Å²) in [6.07, 6.45) is 1.13. The topological polar surface area (TPSA) is 32.8 Å². The highest BCUT2D eigenvalue weighted by atomic mass is 19.1. The van der Waals surface area contributed by atoms with E-state index in [-0.39, 0.29) is 17.1 Å². The predicted molar refractivity (Wildman–Crippen MR) is 95.8 cm³/mol. The maximum atomic E-state index is 14.6. The lowest BCUT2D eigenvalue weighted by Crippen LogP contribution is -2.38. The molecule has 2 aromatic rings. The number of halogens is 3. The molecule has 0 bridgehead atoms. The van der Waals surface area contributed by atoms with Crippen LogP contribution in [0, 0.1) is 17.5 Å². The van der Waals surface area contributed by atoms with E-state index in [4.69, 9.17) is 4.74 Å². The Morgan fingerprint density at radius 1 is 0.963 bits per heavy atom. The highest BCUT2D eigenvalue weighted by Gasteiger charge is 2.28. The van der Waals surface area contributed by atoms with Gasteiger partial charge in [-0.3, -0.25) is 4.79 Å². The van der Waals surface area contributed by atoms with Gasteiger partial charge in [-0.2, -0.15) is 0 Å². The SMILES string of the molecule is O=C(c1cc(F)c(N2CCOCC2)c(F)c1)N1CCCc2c(F)cccc21. The molecule has 0 unspecified atom stereocenters. The molecule has 0 N–H and O–H groups in total. The van der Waals surface area contributed by atoms with E-state index < -0.39 is 17.5 Å². The standard InChI is InChI=1S/C20H19F3N2O2/c21-15-4-1-5-18-14(15)3-2-6-25(18)20(26)13-11-16(22)19(17(23)12-13)24-7-9-27-10-8-24/h1,4-5,11-12H,2-3,6-10H2. The largest absolute Gasteiger partial charge is 0.378 e. The third kappa shape index (κ3) is 3.27. The second kappa shape index (κ2) is 7.23. The van der Waals surface area contributed by atoms with E-state index in [0.717, 1.165) is 12.1 Å². The summed E-state index contributed by atoms with van der Waals surface area (Å²) in [4.78, 5) is 15.9. The molecule has 27 heavy (non-hydrogen) atoms. The summed E-state index contributed by atoms with van der Waals surface area (Å²) in [6, 6.07) is 6.66. The van der Waals surface area contributed by atoms with Crippen LogP contribution < -0.4 is 9.80 Å². The second-order valence-electron chi connectivity index (χ2n) is 6.69. The molecular formula is C20H19F3N2O2. The van der Waals surface area contributed by atoms with Gasteiger partial charge in [-0.05, 0) is 37.1 Å². The number of hydrogen-bond donors (Lipinski definition) is 0. The summed E-state index contributed by atoms with van der Waals surface area (Å²) in [5, 5.41) is 0. The summed E-state index contributed by atoms with van der Waals surface area (Å²) in [5.41, 5.74) is 0.700. The van der Waals surface area contributed by atoms with Crippen LogP contribution in [0.15, 0.2) is 30.3 Å². The lowest BCUT2D eigenvalue weighted by molar-refractivity contribution is 0.0984. The molecule has 0 aliphatic carbocycles. The summed E-state index contributed by atoms with van der Waals surface area (Å²) in [6.45, 7) is 1.95. The Bertz CT molecular complexity index is 859. The molecule has 4 nitrogen and oxygen atoms in total. The van der Waals surface area contributed by atoms with Gasteiger partial charge < -0.3 is 14.5 Å². The van der Waals surface area contributed by atoms with Crippen LogP contribution in [0.3, 0.4) is 0 Å². The third-order valence-corrected chi connectivity index (χ3v) is 5.03. The lowest BCUT2D eigenvalue weighted by atomic mass is 10.00. The van der Waals surface area contributed by atoms with Crippen LogP contribution >= 0.6 is 0 Å². The molecule has 1 saturated heterocycles. The van der Waals surface area contributed by atoms with Crippen molar-refractivity contribution in [3.8, 4) is 0 Å². The molecule has 0 atom stereocenters. The molecule has 0 spiro atoms. The van der Waals surface area contributed by atoms with Crippen LogP contribution in [0.1, 0.15) is 22.3 Å². The highest BCUT2D eigenvalue weighted by Crippen LogP contribution is 2.32. The van der Waals surface area contributed by atoms with Gasteiger partial charge in [-0.1, -0.05) is 6.07 Å². The number of carbonyl (C=O) groups is 1. The van der Waals surface area contributed by atoms with Crippen LogP contribution in [-0.2, 0) is 11.2 Å². The molecule has 0 radical (unpaired) electrons. The molecule has 2 aromatic carbocycles. The number of anilines is 2. The maximum Gasteiger partial charge on any atom is 0.258 e. The van der Waals surface area contributed by atoms with E-state index in [2.05, 4.69) is 0 Å². The minimum atomic E-state index is -0.781. The normalized spacial score (nSPS) is 17.0. The van der Waals surface area contributed by atoms with Crippen molar-refractivity contribution in [1.29, 1.82) is 0 Å². The fourth-order valence-corrected chi connectivity index (χ4v) is 3.73.